The zero-order chi connectivity index (χ0) is 34.1. The van der Waals surface area contributed by atoms with Crippen LogP contribution in [0.3, 0.4) is 0 Å². The van der Waals surface area contributed by atoms with Crippen molar-refractivity contribution in [3.8, 4) is 0 Å². The van der Waals surface area contributed by atoms with E-state index in [9.17, 15) is 0 Å². The number of fused-ring (bicyclic) bond motifs is 5. The van der Waals surface area contributed by atoms with Crippen LogP contribution < -0.4 is 0 Å². The van der Waals surface area contributed by atoms with Crippen molar-refractivity contribution in [2.75, 3.05) is 0 Å². The normalized spacial score (nSPS) is 46.0. The van der Waals surface area contributed by atoms with Gasteiger partial charge in [-0.15, -0.1) is 0 Å². The monoisotopic (exact) mass is 641 g/mol. The SMILES string of the molecule is CC1CC(C(C)(C)C)CC1C(C)(c1ccccc1)C1C2CC3C(CC2C2CC4C(CC21)C(C)(C)CCC4(C)C)C(C)(C)CCC3(C)C. The van der Waals surface area contributed by atoms with E-state index in [1.54, 1.807) is 5.56 Å². The third-order valence-corrected chi connectivity index (χ3v) is 18.5. The van der Waals surface area contributed by atoms with Crippen LogP contribution in [0.2, 0.25) is 0 Å². The van der Waals surface area contributed by atoms with Gasteiger partial charge in [-0.1, -0.05) is 120 Å². The van der Waals surface area contributed by atoms with Crippen molar-refractivity contribution in [1.29, 1.82) is 0 Å². The summed E-state index contributed by atoms with van der Waals surface area (Å²) >= 11 is 0. The molecule has 0 spiro atoms. The lowest BCUT2D eigenvalue weighted by Crippen LogP contribution is -2.52. The lowest BCUT2D eigenvalue weighted by molar-refractivity contribution is -0.0969. The average molecular weight is 641 g/mol. The van der Waals surface area contributed by atoms with Crippen molar-refractivity contribution in [3.05, 3.63) is 35.9 Å². The lowest BCUT2D eigenvalue weighted by atomic mass is 9.46. The standard InChI is InChI=1S/C47H76/c1-29-23-31(42(2,3)4)24-36(29)47(13,30-17-15-14-16-18-30)41-34-27-39-37(43(5,6)19-21-45(39,9)10)25-32(34)33-26-38-40(28-35(33)41)46(11,12)22-20-44(38,7)8/h14-18,29,31-41H,19-28H2,1-13H3. The van der Waals surface area contributed by atoms with Gasteiger partial charge in [-0.25, -0.2) is 0 Å². The Balaban J connectivity index is 1.39. The summed E-state index contributed by atoms with van der Waals surface area (Å²) in [5.74, 6) is 10.4. The highest BCUT2D eigenvalue weighted by Gasteiger charge is 2.67. The summed E-state index contributed by atoms with van der Waals surface area (Å²) in [6.45, 7) is 34.6. The van der Waals surface area contributed by atoms with E-state index >= 15 is 0 Å². The maximum atomic E-state index is 2.86. The van der Waals surface area contributed by atoms with E-state index < -0.39 is 0 Å². The van der Waals surface area contributed by atoms with Gasteiger partial charge >= 0.3 is 0 Å². The van der Waals surface area contributed by atoms with E-state index in [-0.39, 0.29) is 5.41 Å². The molecule has 6 saturated carbocycles. The fraction of sp³-hybridized carbons (Fsp3) is 0.872. The first kappa shape index (κ1) is 34.7. The summed E-state index contributed by atoms with van der Waals surface area (Å²) in [5.41, 5.74) is 4.27. The highest BCUT2D eigenvalue weighted by molar-refractivity contribution is 5.31. The fourth-order valence-electron chi connectivity index (χ4n) is 15.3. The molecule has 0 amide bonds. The Hall–Kier alpha value is -0.780. The molecule has 0 bridgehead atoms. The van der Waals surface area contributed by atoms with Crippen molar-refractivity contribution < 1.29 is 0 Å². The zero-order valence-electron chi connectivity index (χ0n) is 33.4. The molecule has 12 atom stereocenters. The van der Waals surface area contributed by atoms with Gasteiger partial charge in [0.2, 0.25) is 0 Å². The number of hydrogen-bond donors (Lipinski definition) is 0. The first-order chi connectivity index (χ1) is 21.7. The van der Waals surface area contributed by atoms with Crippen LogP contribution >= 0.6 is 0 Å². The molecule has 0 heterocycles. The van der Waals surface area contributed by atoms with Crippen LogP contribution in [-0.2, 0) is 5.41 Å². The molecule has 7 rings (SSSR count). The van der Waals surface area contributed by atoms with Gasteiger partial charge in [-0.05, 0) is 173 Å². The molecule has 0 radical (unpaired) electrons. The number of hydrogen-bond acceptors (Lipinski definition) is 0. The second-order valence-electron chi connectivity index (χ2n) is 23.3. The van der Waals surface area contributed by atoms with Gasteiger partial charge in [0.1, 0.15) is 0 Å². The van der Waals surface area contributed by atoms with Crippen LogP contribution in [0, 0.1) is 98.1 Å². The Labute approximate surface area is 292 Å². The highest BCUT2D eigenvalue weighted by atomic mass is 14.7. The van der Waals surface area contributed by atoms with Crippen LogP contribution in [-0.4, -0.2) is 0 Å². The maximum absolute atomic E-state index is 2.86. The molecule has 0 saturated heterocycles. The molecule has 6 aliphatic rings. The molecular formula is C47H76. The molecule has 0 aromatic heterocycles. The van der Waals surface area contributed by atoms with E-state index in [1.807, 2.05) is 0 Å². The zero-order valence-corrected chi connectivity index (χ0v) is 33.4. The van der Waals surface area contributed by atoms with Crippen molar-refractivity contribution in [3.63, 3.8) is 0 Å². The Morgan fingerprint density at radius 1 is 0.511 bits per heavy atom. The minimum atomic E-state index is 0.241. The minimum Gasteiger partial charge on any atom is -0.0622 e. The first-order valence-corrected chi connectivity index (χ1v) is 20.7. The highest BCUT2D eigenvalue weighted by Crippen LogP contribution is 2.73. The summed E-state index contributed by atoms with van der Waals surface area (Å²) in [6, 6.07) is 12.3. The fourth-order valence-corrected chi connectivity index (χ4v) is 15.3. The third kappa shape index (κ3) is 5.39. The Bertz CT molecular complexity index is 1230. The molecule has 0 aliphatic heterocycles. The smallest absolute Gasteiger partial charge is 0.00107 e. The van der Waals surface area contributed by atoms with Gasteiger partial charge in [0.25, 0.3) is 0 Å². The van der Waals surface area contributed by atoms with Gasteiger partial charge in [-0.2, -0.15) is 0 Å². The number of rotatable bonds is 3. The summed E-state index contributed by atoms with van der Waals surface area (Å²) in [5, 5.41) is 0. The van der Waals surface area contributed by atoms with Crippen LogP contribution in [0.5, 0.6) is 0 Å². The van der Waals surface area contributed by atoms with Crippen molar-refractivity contribution in [1.82, 2.24) is 0 Å². The summed E-state index contributed by atoms with van der Waals surface area (Å²) in [4.78, 5) is 0. The van der Waals surface area contributed by atoms with Crippen LogP contribution in [0.25, 0.3) is 0 Å². The average Bonchev–Trinajstić information content (AvgIpc) is 3.55. The molecule has 0 heteroatoms. The van der Waals surface area contributed by atoms with Crippen molar-refractivity contribution in [2.45, 2.75) is 160 Å². The van der Waals surface area contributed by atoms with E-state index in [0.29, 0.717) is 27.1 Å². The molecule has 47 heavy (non-hydrogen) atoms. The van der Waals surface area contributed by atoms with Crippen LogP contribution in [0.15, 0.2) is 30.3 Å². The Morgan fingerprint density at radius 3 is 1.26 bits per heavy atom. The maximum Gasteiger partial charge on any atom is -0.00107 e. The van der Waals surface area contributed by atoms with E-state index in [2.05, 4.69) is 120 Å². The Morgan fingerprint density at radius 2 is 0.894 bits per heavy atom. The topological polar surface area (TPSA) is 0 Å². The molecule has 6 fully saturated rings. The van der Waals surface area contributed by atoms with Crippen molar-refractivity contribution >= 4 is 0 Å². The molecular weight excluding hydrogens is 565 g/mol. The predicted octanol–water partition coefficient (Wildman–Crippen LogP) is 13.5. The van der Waals surface area contributed by atoms with Crippen LogP contribution in [0.1, 0.15) is 160 Å². The second kappa shape index (κ2) is 11.1. The van der Waals surface area contributed by atoms with E-state index in [4.69, 9.17) is 0 Å². The van der Waals surface area contributed by atoms with E-state index in [1.165, 1.54) is 64.2 Å². The minimum absolute atomic E-state index is 0.241. The largest absolute Gasteiger partial charge is 0.0622 e. The van der Waals surface area contributed by atoms with Crippen LogP contribution in [0.4, 0.5) is 0 Å². The summed E-state index contributed by atoms with van der Waals surface area (Å²) in [7, 11) is 0. The molecule has 1 aromatic rings. The molecule has 0 N–H and O–H groups in total. The molecule has 6 aliphatic carbocycles. The summed E-state index contributed by atoms with van der Waals surface area (Å²) in [6.07, 6.45) is 14.6. The third-order valence-electron chi connectivity index (χ3n) is 18.5. The second-order valence-corrected chi connectivity index (χ2v) is 23.3. The van der Waals surface area contributed by atoms with E-state index in [0.717, 1.165) is 71.0 Å². The van der Waals surface area contributed by atoms with Gasteiger partial charge < -0.3 is 0 Å². The molecule has 12 unspecified atom stereocenters. The predicted molar refractivity (Wildman–Crippen MR) is 202 cm³/mol. The van der Waals surface area contributed by atoms with Gasteiger partial charge in [0.05, 0.1) is 0 Å². The van der Waals surface area contributed by atoms with Crippen molar-refractivity contribution in [2.24, 2.45) is 98.1 Å². The number of benzene rings is 1. The lowest BCUT2D eigenvalue weighted by Gasteiger charge is -2.59. The summed E-state index contributed by atoms with van der Waals surface area (Å²) < 4.78 is 0. The first-order valence-electron chi connectivity index (χ1n) is 20.7. The molecule has 264 valence electrons. The van der Waals surface area contributed by atoms with Gasteiger partial charge in [-0.3, -0.25) is 0 Å². The molecule has 1 aromatic carbocycles. The quantitative estimate of drug-likeness (QED) is 0.308. The van der Waals surface area contributed by atoms with Gasteiger partial charge in [0.15, 0.2) is 0 Å². The van der Waals surface area contributed by atoms with Gasteiger partial charge in [0, 0.05) is 0 Å². The Kier molecular flexibility index (Phi) is 8.19. The molecule has 0 nitrogen and oxygen atoms in total.